The first-order valence-electron chi connectivity index (χ1n) is 11.9. The molecule has 11 heteroatoms. The summed E-state index contributed by atoms with van der Waals surface area (Å²) in [5, 5.41) is 12.5. The second-order valence-corrected chi connectivity index (χ2v) is 9.46. The number of hydrogen-bond donors (Lipinski definition) is 2. The molecular formula is C27H22F2N2O7. The predicted molar refractivity (Wildman–Crippen MR) is 127 cm³/mol. The number of ether oxygens (including phenoxy) is 4. The number of aromatic carboxylic acids is 1. The molecule has 3 heterocycles. The number of carbonyl (C=O) groups is 2. The van der Waals surface area contributed by atoms with Gasteiger partial charge in [-0.3, -0.25) is 4.79 Å². The Balaban J connectivity index is 1.29. The Morgan fingerprint density at radius 1 is 1.08 bits per heavy atom. The van der Waals surface area contributed by atoms with Gasteiger partial charge in [-0.05, 0) is 54.3 Å². The van der Waals surface area contributed by atoms with E-state index in [0.717, 1.165) is 0 Å². The summed E-state index contributed by atoms with van der Waals surface area (Å²) in [5.74, 6) is -0.941. The average Bonchev–Trinajstić information content (AvgIpc) is 3.65. The van der Waals surface area contributed by atoms with Crippen LogP contribution in [0.2, 0.25) is 0 Å². The number of rotatable bonds is 6. The quantitative estimate of drug-likeness (QED) is 0.484. The van der Waals surface area contributed by atoms with Gasteiger partial charge in [-0.15, -0.1) is 8.78 Å². The summed E-state index contributed by atoms with van der Waals surface area (Å²) in [6.07, 6.45) is -2.94. The summed E-state index contributed by atoms with van der Waals surface area (Å²) in [6, 6.07) is 13.7. The fraction of sp³-hybridized carbons (Fsp3) is 0.296. The zero-order chi connectivity index (χ0) is 26.7. The number of hydrogen-bond acceptors (Lipinski definition) is 7. The highest BCUT2D eigenvalue weighted by Gasteiger charge is 2.53. The number of aromatic nitrogens is 1. The lowest BCUT2D eigenvalue weighted by atomic mass is 9.91. The maximum absolute atomic E-state index is 13.6. The zero-order valence-electron chi connectivity index (χ0n) is 20.1. The van der Waals surface area contributed by atoms with Crippen LogP contribution in [0.3, 0.4) is 0 Å². The molecule has 0 bridgehead atoms. The molecule has 6 rings (SSSR count). The maximum Gasteiger partial charge on any atom is 0.586 e. The number of carbonyl (C=O) groups excluding carboxylic acids is 1. The Labute approximate surface area is 215 Å². The molecule has 2 atom stereocenters. The normalized spacial score (nSPS) is 21.6. The Morgan fingerprint density at radius 2 is 1.87 bits per heavy atom. The molecule has 3 aromatic rings. The summed E-state index contributed by atoms with van der Waals surface area (Å²) >= 11 is 0. The van der Waals surface area contributed by atoms with Crippen molar-refractivity contribution in [3.05, 3.63) is 76.9 Å². The zero-order valence-corrected chi connectivity index (χ0v) is 20.1. The monoisotopic (exact) mass is 524 g/mol. The van der Waals surface area contributed by atoms with Crippen LogP contribution in [0.1, 0.15) is 58.5 Å². The van der Waals surface area contributed by atoms with Crippen LogP contribution in [-0.4, -0.2) is 35.4 Å². The van der Waals surface area contributed by atoms with Crippen LogP contribution in [0.25, 0.3) is 0 Å². The van der Waals surface area contributed by atoms with Crippen LogP contribution in [-0.2, 0) is 10.2 Å². The number of nitrogens with zero attached hydrogens (tertiary/aromatic N) is 1. The molecule has 0 spiro atoms. The van der Waals surface area contributed by atoms with E-state index in [-0.39, 0.29) is 28.8 Å². The number of halogens is 2. The lowest BCUT2D eigenvalue weighted by Gasteiger charge is -2.33. The number of carboxylic acid groups (broad SMARTS) is 1. The first kappa shape index (κ1) is 24.0. The van der Waals surface area contributed by atoms with Crippen LogP contribution in [0.15, 0.2) is 54.6 Å². The van der Waals surface area contributed by atoms with Gasteiger partial charge in [-0.25, -0.2) is 4.79 Å². The Hall–Kier alpha value is -4.41. The van der Waals surface area contributed by atoms with E-state index >= 15 is 0 Å². The Bertz CT molecular complexity index is 1460. The topological polar surface area (TPSA) is 116 Å². The Morgan fingerprint density at radius 3 is 2.61 bits per heavy atom. The van der Waals surface area contributed by atoms with Gasteiger partial charge in [0.2, 0.25) is 17.7 Å². The highest BCUT2D eigenvalue weighted by molar-refractivity contribution is 5.92. The summed E-state index contributed by atoms with van der Waals surface area (Å²) in [7, 11) is 1.47. The molecule has 1 saturated carbocycles. The van der Waals surface area contributed by atoms with Gasteiger partial charge in [0, 0.05) is 18.1 Å². The molecule has 0 radical (unpaired) electrons. The van der Waals surface area contributed by atoms with Gasteiger partial charge in [-0.2, -0.15) is 4.98 Å². The highest BCUT2D eigenvalue weighted by Crippen LogP contribution is 2.52. The third-order valence-corrected chi connectivity index (χ3v) is 7.10. The van der Waals surface area contributed by atoms with Crippen LogP contribution in [0.4, 0.5) is 8.78 Å². The van der Waals surface area contributed by atoms with Crippen molar-refractivity contribution in [2.75, 3.05) is 7.11 Å². The molecule has 2 unspecified atom stereocenters. The molecule has 1 aliphatic carbocycles. The molecule has 0 saturated heterocycles. The van der Waals surface area contributed by atoms with Crippen molar-refractivity contribution in [3.8, 4) is 23.3 Å². The van der Waals surface area contributed by atoms with E-state index in [1.807, 2.05) is 0 Å². The van der Waals surface area contributed by atoms with Gasteiger partial charge in [0.15, 0.2) is 11.5 Å². The first-order chi connectivity index (χ1) is 18.2. The molecule has 2 aromatic carbocycles. The second-order valence-electron chi connectivity index (χ2n) is 9.46. The summed E-state index contributed by atoms with van der Waals surface area (Å²) in [6.45, 7) is 0. The van der Waals surface area contributed by atoms with E-state index in [0.29, 0.717) is 41.8 Å². The third kappa shape index (κ3) is 4.13. The summed E-state index contributed by atoms with van der Waals surface area (Å²) in [5.41, 5.74) is 1.04. The van der Waals surface area contributed by atoms with Crippen molar-refractivity contribution in [1.82, 2.24) is 10.3 Å². The average molecular weight is 524 g/mol. The van der Waals surface area contributed by atoms with Crippen molar-refractivity contribution >= 4 is 11.9 Å². The number of alkyl halides is 2. The maximum atomic E-state index is 13.6. The van der Waals surface area contributed by atoms with E-state index in [1.54, 1.807) is 30.3 Å². The second kappa shape index (κ2) is 8.57. The molecule has 9 nitrogen and oxygen atoms in total. The van der Waals surface area contributed by atoms with E-state index in [1.165, 1.54) is 31.4 Å². The predicted octanol–water partition coefficient (Wildman–Crippen LogP) is 4.52. The molecule has 1 amide bonds. The van der Waals surface area contributed by atoms with Crippen LogP contribution in [0, 0.1) is 0 Å². The van der Waals surface area contributed by atoms with Crippen molar-refractivity contribution in [2.45, 2.75) is 43.1 Å². The van der Waals surface area contributed by atoms with Gasteiger partial charge in [0.1, 0.15) is 6.10 Å². The number of pyridine rings is 1. The van der Waals surface area contributed by atoms with Crippen molar-refractivity contribution < 1.29 is 42.4 Å². The van der Waals surface area contributed by atoms with E-state index in [9.17, 15) is 23.5 Å². The lowest BCUT2D eigenvalue weighted by Crippen LogP contribution is -2.39. The smallest absolute Gasteiger partial charge is 0.481 e. The number of nitrogens with one attached hydrogen (secondary N) is 1. The molecular weight excluding hydrogens is 502 g/mol. The molecule has 196 valence electrons. The molecule has 1 fully saturated rings. The highest BCUT2D eigenvalue weighted by atomic mass is 19.3. The SMILES string of the molecule is COc1ccc2c(n1)OC(c1cccc(C(=O)O)c1)CC2NC(=O)C1(c2ccc3c(c2)OC(F)(F)O3)CC1. The molecule has 38 heavy (non-hydrogen) atoms. The molecule has 2 aliphatic heterocycles. The lowest BCUT2D eigenvalue weighted by molar-refractivity contribution is -0.286. The number of methoxy groups -OCH3 is 1. The largest absolute Gasteiger partial charge is 0.586 e. The van der Waals surface area contributed by atoms with Gasteiger partial charge in [0.05, 0.1) is 24.1 Å². The van der Waals surface area contributed by atoms with E-state index < -0.39 is 29.8 Å². The van der Waals surface area contributed by atoms with E-state index in [2.05, 4.69) is 19.8 Å². The van der Waals surface area contributed by atoms with Crippen molar-refractivity contribution in [1.29, 1.82) is 0 Å². The van der Waals surface area contributed by atoms with Gasteiger partial charge in [-0.1, -0.05) is 18.2 Å². The van der Waals surface area contributed by atoms with Gasteiger partial charge < -0.3 is 29.4 Å². The summed E-state index contributed by atoms with van der Waals surface area (Å²) < 4.78 is 47.4. The van der Waals surface area contributed by atoms with Crippen molar-refractivity contribution in [3.63, 3.8) is 0 Å². The van der Waals surface area contributed by atoms with Crippen LogP contribution < -0.4 is 24.3 Å². The molecule has 1 aromatic heterocycles. The number of fused-ring (bicyclic) bond motifs is 2. The molecule has 2 N–H and O–H groups in total. The minimum Gasteiger partial charge on any atom is -0.481 e. The minimum absolute atomic E-state index is 0.0835. The number of carboxylic acids is 1. The van der Waals surface area contributed by atoms with Crippen LogP contribution in [0.5, 0.6) is 23.3 Å². The fourth-order valence-corrected chi connectivity index (χ4v) is 4.96. The van der Waals surface area contributed by atoms with Gasteiger partial charge in [0.25, 0.3) is 0 Å². The standard InChI is InChI=1S/C27H22F2N2O7/c1-35-22-8-6-17-18(13-20(36-23(17)31-22)14-3-2-4-15(11-14)24(32)33)30-25(34)26(9-10-26)16-5-7-19-21(12-16)38-27(28,29)37-19/h2-8,11-12,18,20H,9-10,13H2,1H3,(H,30,34)(H,32,33). The van der Waals surface area contributed by atoms with Gasteiger partial charge >= 0.3 is 12.3 Å². The Kier molecular flexibility index (Phi) is 5.41. The first-order valence-corrected chi connectivity index (χ1v) is 11.9. The summed E-state index contributed by atoms with van der Waals surface area (Å²) in [4.78, 5) is 29.5. The molecule has 3 aliphatic rings. The van der Waals surface area contributed by atoms with Crippen LogP contribution >= 0.6 is 0 Å². The number of benzene rings is 2. The fourth-order valence-electron chi connectivity index (χ4n) is 4.96. The van der Waals surface area contributed by atoms with E-state index in [4.69, 9.17) is 9.47 Å². The third-order valence-electron chi connectivity index (χ3n) is 7.10. The number of amides is 1. The minimum atomic E-state index is -3.74. The van der Waals surface area contributed by atoms with Crippen molar-refractivity contribution in [2.24, 2.45) is 0 Å².